The number of halogens is 2. The van der Waals surface area contributed by atoms with Gasteiger partial charge in [0.25, 0.3) is 0 Å². The Morgan fingerprint density at radius 1 is 1.00 bits per heavy atom. The molecule has 32 heavy (non-hydrogen) atoms. The third-order valence-electron chi connectivity index (χ3n) is 4.46. The summed E-state index contributed by atoms with van der Waals surface area (Å²) in [7, 11) is 1.52. The maximum atomic E-state index is 12.5. The van der Waals surface area contributed by atoms with E-state index < -0.39 is 5.97 Å². The number of carbonyl (C=O) groups excluding carboxylic acids is 2. The van der Waals surface area contributed by atoms with E-state index in [-0.39, 0.29) is 12.4 Å². The van der Waals surface area contributed by atoms with Gasteiger partial charge in [0, 0.05) is 5.02 Å². The van der Waals surface area contributed by atoms with E-state index in [9.17, 15) is 9.59 Å². The maximum Gasteiger partial charge on any atom is 0.349 e. The van der Waals surface area contributed by atoms with Crippen LogP contribution in [-0.2, 0) is 4.79 Å². The number of aryl methyl sites for hydroxylation is 1. The summed E-state index contributed by atoms with van der Waals surface area (Å²) in [4.78, 5) is 24.6. The smallest absolute Gasteiger partial charge is 0.349 e. The summed E-state index contributed by atoms with van der Waals surface area (Å²) in [5, 5.41) is 0.597. The second-order valence-corrected chi connectivity index (χ2v) is 8.05. The van der Waals surface area contributed by atoms with Gasteiger partial charge in [0.1, 0.15) is 17.2 Å². The summed E-state index contributed by atoms with van der Waals surface area (Å²) in [6.45, 7) is 1.60. The lowest BCUT2D eigenvalue weighted by Gasteiger charge is -2.10. The molecule has 5 nitrogen and oxygen atoms in total. The topological polar surface area (TPSA) is 61.8 Å². The number of methoxy groups -OCH3 is 1. The van der Waals surface area contributed by atoms with Gasteiger partial charge in [-0.2, -0.15) is 0 Å². The normalized spacial score (nSPS) is 10.8. The summed E-state index contributed by atoms with van der Waals surface area (Å²) < 4.78 is 16.7. The van der Waals surface area contributed by atoms with E-state index in [0.717, 1.165) is 11.1 Å². The molecule has 0 fully saturated rings. The molecule has 0 saturated heterocycles. The maximum absolute atomic E-state index is 12.5. The highest BCUT2D eigenvalue weighted by Crippen LogP contribution is 2.27. The number of hydrogen-bond acceptors (Lipinski definition) is 5. The fourth-order valence-electron chi connectivity index (χ4n) is 2.88. The predicted octanol–water partition coefficient (Wildman–Crippen LogP) is 6.30. The molecule has 164 valence electrons. The summed E-state index contributed by atoms with van der Waals surface area (Å²) >= 11 is 9.31. The number of ether oxygens (including phenoxy) is 3. The average molecular weight is 516 g/mol. The predicted molar refractivity (Wildman–Crippen MR) is 128 cm³/mol. The molecule has 0 aliphatic carbocycles. The fourth-order valence-corrected chi connectivity index (χ4v) is 3.58. The first kappa shape index (κ1) is 23.6. The van der Waals surface area contributed by atoms with Gasteiger partial charge in [-0.15, -0.1) is 0 Å². The van der Waals surface area contributed by atoms with Crippen LogP contribution < -0.4 is 14.2 Å². The van der Waals surface area contributed by atoms with Gasteiger partial charge in [-0.3, -0.25) is 4.79 Å². The molecule has 3 aromatic carbocycles. The zero-order chi connectivity index (χ0) is 23.1. The number of benzene rings is 3. The minimum atomic E-state index is -0.547. The number of ketones is 1. The summed E-state index contributed by atoms with van der Waals surface area (Å²) in [5.74, 6) is 0.699. The van der Waals surface area contributed by atoms with Gasteiger partial charge >= 0.3 is 5.97 Å². The van der Waals surface area contributed by atoms with E-state index in [1.165, 1.54) is 13.2 Å². The zero-order valence-electron chi connectivity index (χ0n) is 17.4. The van der Waals surface area contributed by atoms with Crippen LogP contribution in [0.1, 0.15) is 21.5 Å². The Hall–Kier alpha value is -3.09. The van der Waals surface area contributed by atoms with Crippen molar-refractivity contribution in [1.29, 1.82) is 0 Å². The standard InChI is InChI=1S/C25H20BrClO5/c1-16-13-18(27)9-12-22(16)31-15-25(29)32-24-11-8-17(14-20(24)26)7-10-21(28)19-5-3-4-6-23(19)30-2/h3-14H,15H2,1-2H3. The number of esters is 1. The molecule has 0 aromatic heterocycles. The zero-order valence-corrected chi connectivity index (χ0v) is 19.8. The molecule has 0 heterocycles. The third kappa shape index (κ3) is 6.22. The van der Waals surface area contributed by atoms with Crippen molar-refractivity contribution >= 4 is 45.4 Å². The van der Waals surface area contributed by atoms with Gasteiger partial charge in [-0.1, -0.05) is 35.9 Å². The van der Waals surface area contributed by atoms with Crippen LogP contribution in [0.4, 0.5) is 0 Å². The molecule has 0 unspecified atom stereocenters. The fraction of sp³-hybridized carbons (Fsp3) is 0.120. The Bertz CT molecular complexity index is 1170. The number of hydrogen-bond donors (Lipinski definition) is 0. The molecule has 3 aromatic rings. The van der Waals surface area contributed by atoms with E-state index >= 15 is 0 Å². The number of carbonyl (C=O) groups is 2. The lowest BCUT2D eigenvalue weighted by atomic mass is 10.1. The van der Waals surface area contributed by atoms with Gasteiger partial charge in [0.05, 0.1) is 17.1 Å². The number of rotatable bonds is 8. The molecule has 7 heteroatoms. The SMILES string of the molecule is COc1ccccc1C(=O)C=Cc1ccc(OC(=O)COc2ccc(Cl)cc2C)c(Br)c1. The molecule has 0 N–H and O–H groups in total. The number of para-hydroxylation sites is 1. The summed E-state index contributed by atoms with van der Waals surface area (Å²) in [6.07, 6.45) is 3.14. The van der Waals surface area contributed by atoms with Crippen LogP contribution in [0.5, 0.6) is 17.2 Å². The first-order chi connectivity index (χ1) is 15.4. The lowest BCUT2D eigenvalue weighted by molar-refractivity contribution is -0.136. The Morgan fingerprint density at radius 2 is 1.75 bits per heavy atom. The molecular weight excluding hydrogens is 496 g/mol. The van der Waals surface area contributed by atoms with Crippen molar-refractivity contribution < 1.29 is 23.8 Å². The third-order valence-corrected chi connectivity index (χ3v) is 5.32. The van der Waals surface area contributed by atoms with Gasteiger partial charge in [-0.25, -0.2) is 4.79 Å². The van der Waals surface area contributed by atoms with Crippen molar-refractivity contribution in [3.05, 3.63) is 92.9 Å². The van der Waals surface area contributed by atoms with Crippen LogP contribution in [0, 0.1) is 6.92 Å². The van der Waals surface area contributed by atoms with Crippen molar-refractivity contribution in [1.82, 2.24) is 0 Å². The first-order valence-corrected chi connectivity index (χ1v) is 10.8. The molecule has 3 rings (SSSR count). The largest absolute Gasteiger partial charge is 0.496 e. The highest BCUT2D eigenvalue weighted by atomic mass is 79.9. The highest BCUT2D eigenvalue weighted by Gasteiger charge is 2.11. The van der Waals surface area contributed by atoms with E-state index in [4.69, 9.17) is 25.8 Å². The molecule has 0 saturated carbocycles. The molecule has 0 bridgehead atoms. The van der Waals surface area contributed by atoms with Crippen molar-refractivity contribution in [2.45, 2.75) is 6.92 Å². The molecule has 0 aliphatic heterocycles. The Morgan fingerprint density at radius 3 is 2.47 bits per heavy atom. The Kier molecular flexibility index (Phi) is 8.09. The van der Waals surface area contributed by atoms with Gasteiger partial charge in [-0.05, 0) is 82.5 Å². The second kappa shape index (κ2) is 11.0. The van der Waals surface area contributed by atoms with Crippen molar-refractivity contribution in [3.8, 4) is 17.2 Å². The van der Waals surface area contributed by atoms with E-state index in [2.05, 4.69) is 15.9 Å². The van der Waals surface area contributed by atoms with Crippen LogP contribution >= 0.6 is 27.5 Å². The molecule has 0 spiro atoms. The highest BCUT2D eigenvalue weighted by molar-refractivity contribution is 9.10. The summed E-state index contributed by atoms with van der Waals surface area (Å²) in [6, 6.07) is 17.3. The van der Waals surface area contributed by atoms with Crippen LogP contribution in [0.25, 0.3) is 6.08 Å². The van der Waals surface area contributed by atoms with Crippen molar-refractivity contribution in [2.24, 2.45) is 0 Å². The minimum absolute atomic E-state index is 0.177. The van der Waals surface area contributed by atoms with Crippen LogP contribution in [0.15, 0.2) is 71.2 Å². The van der Waals surface area contributed by atoms with Crippen LogP contribution in [-0.4, -0.2) is 25.5 Å². The Labute approximate surface area is 199 Å². The first-order valence-electron chi connectivity index (χ1n) is 9.62. The van der Waals surface area contributed by atoms with Gasteiger partial charge in [0.15, 0.2) is 12.4 Å². The lowest BCUT2D eigenvalue weighted by Crippen LogP contribution is -2.18. The van der Waals surface area contributed by atoms with Crippen molar-refractivity contribution in [3.63, 3.8) is 0 Å². The average Bonchev–Trinajstić information content (AvgIpc) is 2.78. The van der Waals surface area contributed by atoms with E-state index in [1.54, 1.807) is 66.7 Å². The molecule has 0 radical (unpaired) electrons. The number of allylic oxidation sites excluding steroid dienone is 1. The monoisotopic (exact) mass is 514 g/mol. The van der Waals surface area contributed by atoms with Gasteiger partial charge in [0.2, 0.25) is 0 Å². The second-order valence-electron chi connectivity index (χ2n) is 6.76. The molecular formula is C25H20BrClO5. The van der Waals surface area contributed by atoms with Gasteiger partial charge < -0.3 is 14.2 Å². The minimum Gasteiger partial charge on any atom is -0.496 e. The molecule has 0 aliphatic rings. The van der Waals surface area contributed by atoms with Crippen molar-refractivity contribution in [2.75, 3.05) is 13.7 Å². The summed E-state index contributed by atoms with van der Waals surface area (Å²) in [5.41, 5.74) is 2.06. The van der Waals surface area contributed by atoms with Crippen LogP contribution in [0.2, 0.25) is 5.02 Å². The quantitative estimate of drug-likeness (QED) is 0.152. The molecule has 0 amide bonds. The van der Waals surface area contributed by atoms with E-state index in [0.29, 0.717) is 32.3 Å². The Balaban J connectivity index is 1.61. The molecule has 0 atom stereocenters. The van der Waals surface area contributed by atoms with E-state index in [1.807, 2.05) is 6.92 Å². The van der Waals surface area contributed by atoms with Crippen LogP contribution in [0.3, 0.4) is 0 Å².